The van der Waals surface area contributed by atoms with Gasteiger partial charge in [0.15, 0.2) is 0 Å². The summed E-state index contributed by atoms with van der Waals surface area (Å²) in [5.41, 5.74) is 0. The van der Waals surface area contributed by atoms with E-state index in [0.717, 1.165) is 6.29 Å². The number of carbonyl (C=O) groups excluding carboxylic acids is 1. The van der Waals surface area contributed by atoms with Crippen molar-refractivity contribution >= 4 is 25.0 Å². The Hall–Kier alpha value is -1.71. The van der Waals surface area contributed by atoms with Gasteiger partial charge in [0.1, 0.15) is 6.29 Å². The molecule has 0 bridgehead atoms. The molecule has 0 N–H and O–H groups in total. The SMILES string of the molecule is C[C@@H](CC=O)CO[Si](c1ccccc1)(c1ccccc1)C(C)(C)C. The minimum atomic E-state index is -2.46. The van der Waals surface area contributed by atoms with Crippen molar-refractivity contribution in [2.75, 3.05) is 6.61 Å². The van der Waals surface area contributed by atoms with Gasteiger partial charge in [0, 0.05) is 13.0 Å². The summed E-state index contributed by atoms with van der Waals surface area (Å²) in [5.74, 6) is 0.226. The average Bonchev–Trinajstić information content (AvgIpc) is 2.56. The summed E-state index contributed by atoms with van der Waals surface area (Å²) < 4.78 is 6.76. The molecule has 2 rings (SSSR count). The fourth-order valence-corrected chi connectivity index (χ4v) is 7.95. The molecule has 0 amide bonds. The first-order valence-electron chi connectivity index (χ1n) is 8.60. The first-order valence-corrected chi connectivity index (χ1v) is 10.5. The predicted molar refractivity (Wildman–Crippen MR) is 103 cm³/mol. The van der Waals surface area contributed by atoms with Crippen LogP contribution in [-0.2, 0) is 9.22 Å². The third-order valence-corrected chi connectivity index (χ3v) is 9.50. The minimum Gasteiger partial charge on any atom is -0.407 e. The molecule has 0 saturated heterocycles. The highest BCUT2D eigenvalue weighted by Crippen LogP contribution is 2.37. The number of benzene rings is 2. The Morgan fingerprint density at radius 3 is 1.79 bits per heavy atom. The fourth-order valence-electron chi connectivity index (χ4n) is 3.26. The summed E-state index contributed by atoms with van der Waals surface area (Å²) in [6, 6.07) is 21.2. The maximum Gasteiger partial charge on any atom is 0.261 e. The molecule has 2 aromatic rings. The summed E-state index contributed by atoms with van der Waals surface area (Å²) in [5, 5.41) is 2.54. The van der Waals surface area contributed by atoms with Crippen LogP contribution >= 0.6 is 0 Å². The second-order valence-corrected chi connectivity index (χ2v) is 11.8. The molecule has 1 atom stereocenters. The van der Waals surface area contributed by atoms with Gasteiger partial charge in [0.05, 0.1) is 0 Å². The lowest BCUT2D eigenvalue weighted by Gasteiger charge is -2.43. The quantitative estimate of drug-likeness (QED) is 0.566. The number of aldehydes is 1. The first-order chi connectivity index (χ1) is 11.4. The van der Waals surface area contributed by atoms with Crippen molar-refractivity contribution in [1.29, 1.82) is 0 Å². The smallest absolute Gasteiger partial charge is 0.261 e. The van der Waals surface area contributed by atoms with Crippen LogP contribution in [0.2, 0.25) is 5.04 Å². The number of rotatable bonds is 7. The molecular weight excluding hydrogens is 312 g/mol. The Labute approximate surface area is 147 Å². The lowest BCUT2D eigenvalue weighted by Crippen LogP contribution is -2.66. The molecule has 0 heterocycles. The van der Waals surface area contributed by atoms with Crippen molar-refractivity contribution in [2.24, 2.45) is 5.92 Å². The molecule has 0 aromatic heterocycles. The van der Waals surface area contributed by atoms with Gasteiger partial charge in [-0.15, -0.1) is 0 Å². The Balaban J connectivity index is 2.55. The molecule has 0 radical (unpaired) electrons. The van der Waals surface area contributed by atoms with Crippen LogP contribution in [0.1, 0.15) is 34.1 Å². The lowest BCUT2D eigenvalue weighted by molar-refractivity contribution is -0.108. The maximum atomic E-state index is 10.8. The van der Waals surface area contributed by atoms with Crippen LogP contribution in [0.3, 0.4) is 0 Å². The summed E-state index contributed by atoms with van der Waals surface area (Å²) in [4.78, 5) is 10.8. The summed E-state index contributed by atoms with van der Waals surface area (Å²) in [7, 11) is -2.46. The highest BCUT2D eigenvalue weighted by atomic mass is 28.4. The topological polar surface area (TPSA) is 26.3 Å². The van der Waals surface area contributed by atoms with Crippen LogP contribution in [0.4, 0.5) is 0 Å². The van der Waals surface area contributed by atoms with Gasteiger partial charge in [0.2, 0.25) is 0 Å². The van der Waals surface area contributed by atoms with Gasteiger partial charge in [-0.3, -0.25) is 0 Å². The monoisotopic (exact) mass is 340 g/mol. The van der Waals surface area contributed by atoms with E-state index in [1.165, 1.54) is 10.4 Å². The van der Waals surface area contributed by atoms with Crippen molar-refractivity contribution in [3.8, 4) is 0 Å². The summed E-state index contributed by atoms with van der Waals surface area (Å²) in [6.07, 6.45) is 1.53. The van der Waals surface area contributed by atoms with Gasteiger partial charge < -0.3 is 9.22 Å². The van der Waals surface area contributed by atoms with Crippen molar-refractivity contribution in [2.45, 2.75) is 39.2 Å². The fraction of sp³-hybridized carbons (Fsp3) is 0.381. The molecule has 2 aromatic carbocycles. The normalized spacial score (nSPS) is 13.5. The zero-order chi connectivity index (χ0) is 17.6. The molecule has 0 aliphatic heterocycles. The van der Waals surface area contributed by atoms with E-state index in [2.05, 4.69) is 76.2 Å². The van der Waals surface area contributed by atoms with Gasteiger partial charge in [-0.2, -0.15) is 0 Å². The Morgan fingerprint density at radius 1 is 0.958 bits per heavy atom. The molecule has 0 spiro atoms. The van der Waals surface area contributed by atoms with Gasteiger partial charge in [-0.05, 0) is 21.3 Å². The largest absolute Gasteiger partial charge is 0.407 e. The van der Waals surface area contributed by atoms with Gasteiger partial charge in [-0.25, -0.2) is 0 Å². The number of hydrogen-bond donors (Lipinski definition) is 0. The van der Waals surface area contributed by atoms with Crippen molar-refractivity contribution in [3.63, 3.8) is 0 Å². The van der Waals surface area contributed by atoms with E-state index in [0.29, 0.717) is 13.0 Å². The minimum absolute atomic E-state index is 0.0173. The van der Waals surface area contributed by atoms with E-state index in [9.17, 15) is 4.79 Å². The van der Waals surface area contributed by atoms with Crippen LogP contribution in [0.15, 0.2) is 60.7 Å². The molecule has 0 unspecified atom stereocenters. The van der Waals surface area contributed by atoms with E-state index in [1.54, 1.807) is 0 Å². The highest BCUT2D eigenvalue weighted by Gasteiger charge is 2.50. The summed E-state index contributed by atoms with van der Waals surface area (Å²) in [6.45, 7) is 9.48. The van der Waals surface area contributed by atoms with E-state index < -0.39 is 8.32 Å². The van der Waals surface area contributed by atoms with Crippen molar-refractivity contribution < 1.29 is 9.22 Å². The lowest BCUT2D eigenvalue weighted by atomic mass is 10.1. The Bertz CT molecular complexity index is 592. The van der Waals surface area contributed by atoms with Crippen LogP contribution in [0, 0.1) is 5.92 Å². The van der Waals surface area contributed by atoms with Crippen LogP contribution in [0.5, 0.6) is 0 Å². The number of hydrogen-bond acceptors (Lipinski definition) is 2. The molecule has 0 aliphatic rings. The van der Waals surface area contributed by atoms with E-state index in [-0.39, 0.29) is 11.0 Å². The van der Waals surface area contributed by atoms with Crippen LogP contribution < -0.4 is 10.4 Å². The summed E-state index contributed by atoms with van der Waals surface area (Å²) >= 11 is 0. The molecule has 0 saturated carbocycles. The van der Waals surface area contributed by atoms with Crippen molar-refractivity contribution in [1.82, 2.24) is 0 Å². The second-order valence-electron chi connectivity index (χ2n) is 7.48. The molecular formula is C21H28O2Si. The van der Waals surface area contributed by atoms with E-state index in [1.807, 2.05) is 12.1 Å². The maximum absolute atomic E-state index is 10.8. The van der Waals surface area contributed by atoms with Gasteiger partial charge in [0.25, 0.3) is 8.32 Å². The molecule has 2 nitrogen and oxygen atoms in total. The Morgan fingerprint density at radius 2 is 1.42 bits per heavy atom. The van der Waals surface area contributed by atoms with Crippen LogP contribution in [0.25, 0.3) is 0 Å². The van der Waals surface area contributed by atoms with Crippen LogP contribution in [-0.4, -0.2) is 21.2 Å². The van der Waals surface area contributed by atoms with Gasteiger partial charge in [-0.1, -0.05) is 88.4 Å². The average molecular weight is 341 g/mol. The van der Waals surface area contributed by atoms with E-state index in [4.69, 9.17) is 4.43 Å². The van der Waals surface area contributed by atoms with Gasteiger partial charge >= 0.3 is 0 Å². The molecule has 0 fully saturated rings. The molecule has 0 aliphatic carbocycles. The predicted octanol–water partition coefficient (Wildman–Crippen LogP) is 3.79. The Kier molecular flexibility index (Phi) is 6.14. The number of carbonyl (C=O) groups is 1. The molecule has 3 heteroatoms. The third kappa shape index (κ3) is 3.85. The van der Waals surface area contributed by atoms with Crippen molar-refractivity contribution in [3.05, 3.63) is 60.7 Å². The molecule has 24 heavy (non-hydrogen) atoms. The third-order valence-electron chi connectivity index (χ3n) is 4.50. The second kappa shape index (κ2) is 7.91. The highest BCUT2D eigenvalue weighted by molar-refractivity contribution is 6.99. The molecule has 128 valence electrons. The standard InChI is InChI=1S/C21H28O2Si/c1-18(15-16-22)17-23-24(21(2,3)4,19-11-7-5-8-12-19)20-13-9-6-10-14-20/h5-14,16,18H,15,17H2,1-4H3/t18-/m0/s1. The first kappa shape index (κ1) is 18.6. The van der Waals surface area contributed by atoms with E-state index >= 15 is 0 Å². The zero-order valence-corrected chi connectivity index (χ0v) is 16.2. The zero-order valence-electron chi connectivity index (χ0n) is 15.2.